The monoisotopic (exact) mass is 957 g/mol. The Morgan fingerprint density at radius 2 is 0.910 bits per heavy atom. The van der Waals surface area contributed by atoms with E-state index in [0.717, 1.165) is 83.5 Å². The average molecular weight is 957 g/mol. The van der Waals surface area contributed by atoms with Crippen molar-refractivity contribution in [2.45, 2.75) is 238 Å². The highest BCUT2D eigenvalue weighted by molar-refractivity contribution is 7.45. The number of nitrogens with one attached hydrogen (secondary N) is 1. The maximum atomic E-state index is 12.9. The molecule has 0 aromatic rings. The normalized spacial score (nSPS) is 14.7. The number of quaternary nitrogens is 1. The first-order valence-electron chi connectivity index (χ1n) is 27.4. The van der Waals surface area contributed by atoms with Crippen molar-refractivity contribution in [1.29, 1.82) is 0 Å². The van der Waals surface area contributed by atoms with Crippen molar-refractivity contribution in [1.82, 2.24) is 5.32 Å². The van der Waals surface area contributed by atoms with Crippen LogP contribution in [0.4, 0.5) is 0 Å². The second-order valence-corrected chi connectivity index (χ2v) is 21.0. The smallest absolute Gasteiger partial charge is 0.268 e. The van der Waals surface area contributed by atoms with Crippen LogP contribution < -0.4 is 10.2 Å². The van der Waals surface area contributed by atoms with Gasteiger partial charge in [-0.25, -0.2) is 0 Å². The zero-order valence-electron chi connectivity index (χ0n) is 44.1. The zero-order chi connectivity index (χ0) is 49.2. The number of amides is 1. The van der Waals surface area contributed by atoms with Crippen LogP contribution in [0.5, 0.6) is 0 Å². The number of phosphoric ester groups is 1. The van der Waals surface area contributed by atoms with Gasteiger partial charge in [0.15, 0.2) is 0 Å². The van der Waals surface area contributed by atoms with Crippen LogP contribution in [0.15, 0.2) is 85.1 Å². The number of carbonyl (C=O) groups excluding carboxylic acids is 1. The van der Waals surface area contributed by atoms with E-state index in [-0.39, 0.29) is 19.1 Å². The Morgan fingerprint density at radius 3 is 1.33 bits per heavy atom. The van der Waals surface area contributed by atoms with Crippen LogP contribution in [0.3, 0.4) is 0 Å². The maximum Gasteiger partial charge on any atom is 0.268 e. The molecule has 3 unspecified atom stereocenters. The molecule has 0 aliphatic rings. The molecule has 1 amide bonds. The first-order chi connectivity index (χ1) is 32.5. The number of allylic oxidation sites excluding steroid dienone is 14. The summed E-state index contributed by atoms with van der Waals surface area (Å²) in [5.41, 5.74) is 0. The molecule has 0 bridgehead atoms. The molecule has 0 rings (SSSR count). The minimum absolute atomic E-state index is 0.00968. The molecule has 0 fully saturated rings. The molecular formula is C58H105N2O6P. The average Bonchev–Trinajstić information content (AvgIpc) is 3.29. The van der Waals surface area contributed by atoms with Gasteiger partial charge in [-0.15, -0.1) is 0 Å². The van der Waals surface area contributed by atoms with Gasteiger partial charge in [0.1, 0.15) is 13.2 Å². The molecule has 388 valence electrons. The third-order valence-corrected chi connectivity index (χ3v) is 12.9. The zero-order valence-corrected chi connectivity index (χ0v) is 45.0. The van der Waals surface area contributed by atoms with E-state index in [1.807, 2.05) is 21.1 Å². The first-order valence-corrected chi connectivity index (χ1v) is 28.9. The topological polar surface area (TPSA) is 108 Å². The van der Waals surface area contributed by atoms with Gasteiger partial charge in [0.05, 0.1) is 39.9 Å². The Bertz CT molecular complexity index is 1360. The lowest BCUT2D eigenvalue weighted by Gasteiger charge is -2.30. The quantitative estimate of drug-likeness (QED) is 0.0272. The molecule has 0 aromatic carbocycles. The number of likely N-dealkylation sites (N-methyl/N-ethyl adjacent to an activating group) is 1. The number of aliphatic hydroxyl groups excluding tert-OH is 1. The molecule has 0 aliphatic carbocycles. The highest BCUT2D eigenvalue weighted by Crippen LogP contribution is 2.38. The lowest BCUT2D eigenvalue weighted by atomic mass is 10.0. The van der Waals surface area contributed by atoms with Gasteiger partial charge >= 0.3 is 0 Å². The molecule has 0 saturated carbocycles. The number of carbonyl (C=O) groups is 1. The Balaban J connectivity index is 3.91. The van der Waals surface area contributed by atoms with Gasteiger partial charge in [-0.1, -0.05) is 234 Å². The van der Waals surface area contributed by atoms with E-state index >= 15 is 0 Å². The molecule has 8 nitrogen and oxygen atoms in total. The number of hydrogen-bond donors (Lipinski definition) is 2. The lowest BCUT2D eigenvalue weighted by molar-refractivity contribution is -0.870. The van der Waals surface area contributed by atoms with Crippen molar-refractivity contribution in [3.63, 3.8) is 0 Å². The molecule has 0 spiro atoms. The molecule has 0 heterocycles. The van der Waals surface area contributed by atoms with Gasteiger partial charge < -0.3 is 28.8 Å². The minimum atomic E-state index is -4.56. The second-order valence-electron chi connectivity index (χ2n) is 19.6. The van der Waals surface area contributed by atoms with Gasteiger partial charge in [-0.05, 0) is 70.6 Å². The summed E-state index contributed by atoms with van der Waals surface area (Å²) in [5.74, 6) is -0.171. The van der Waals surface area contributed by atoms with Crippen LogP contribution >= 0.6 is 7.82 Å². The highest BCUT2D eigenvalue weighted by Gasteiger charge is 2.24. The van der Waals surface area contributed by atoms with Crippen molar-refractivity contribution in [3.05, 3.63) is 85.1 Å². The van der Waals surface area contributed by atoms with Gasteiger partial charge in [-0.3, -0.25) is 9.36 Å². The van der Waals surface area contributed by atoms with Crippen LogP contribution in [-0.4, -0.2) is 68.5 Å². The Kier molecular flexibility index (Phi) is 47.0. The fourth-order valence-corrected chi connectivity index (χ4v) is 8.33. The molecule has 0 aliphatic heterocycles. The van der Waals surface area contributed by atoms with E-state index in [4.69, 9.17) is 9.05 Å². The van der Waals surface area contributed by atoms with E-state index in [1.165, 1.54) is 116 Å². The van der Waals surface area contributed by atoms with Crippen LogP contribution in [0.25, 0.3) is 0 Å². The van der Waals surface area contributed by atoms with Crippen molar-refractivity contribution in [2.75, 3.05) is 40.9 Å². The predicted molar refractivity (Wildman–Crippen MR) is 288 cm³/mol. The van der Waals surface area contributed by atoms with Crippen LogP contribution in [0.2, 0.25) is 0 Å². The number of rotatable bonds is 49. The van der Waals surface area contributed by atoms with Crippen molar-refractivity contribution < 1.29 is 32.9 Å². The molecular weight excluding hydrogens is 852 g/mol. The lowest BCUT2D eigenvalue weighted by Crippen LogP contribution is -2.46. The third-order valence-electron chi connectivity index (χ3n) is 11.9. The Hall–Kier alpha value is -2.32. The summed E-state index contributed by atoms with van der Waals surface area (Å²) in [4.78, 5) is 25.3. The van der Waals surface area contributed by atoms with Gasteiger partial charge in [0.2, 0.25) is 5.91 Å². The number of unbranched alkanes of at least 4 members (excludes halogenated alkanes) is 22. The maximum absolute atomic E-state index is 12.9. The van der Waals surface area contributed by atoms with Crippen molar-refractivity contribution in [3.8, 4) is 0 Å². The number of phosphoric acid groups is 1. The first kappa shape index (κ1) is 64.7. The van der Waals surface area contributed by atoms with E-state index in [1.54, 1.807) is 0 Å². The summed E-state index contributed by atoms with van der Waals surface area (Å²) in [6.45, 7) is 4.56. The summed E-state index contributed by atoms with van der Waals surface area (Å²) >= 11 is 0. The Labute approximate surface area is 414 Å². The third kappa shape index (κ3) is 51.4. The molecule has 2 N–H and O–H groups in total. The van der Waals surface area contributed by atoms with E-state index in [2.05, 4.69) is 104 Å². The molecule has 9 heteroatoms. The van der Waals surface area contributed by atoms with Gasteiger partial charge in [0, 0.05) is 6.42 Å². The molecule has 3 atom stereocenters. The summed E-state index contributed by atoms with van der Waals surface area (Å²) in [6.07, 6.45) is 67.8. The van der Waals surface area contributed by atoms with E-state index in [0.29, 0.717) is 23.9 Å². The second kappa shape index (κ2) is 48.7. The van der Waals surface area contributed by atoms with Crippen molar-refractivity contribution >= 4 is 13.7 Å². The molecule has 0 radical (unpaired) electrons. The SMILES string of the molecule is CC/C=C\C/C=C\C/C=C\C/C=C\C/C=C\C/C=C\C/C=C\CCCCCCCCCCCCCCCCCC(=O)NC(COP(=O)([O-])OCC[N+](C)(C)C)C(O)CCCCCCCCCC. The fourth-order valence-electron chi connectivity index (χ4n) is 7.61. The number of hydrogen-bond acceptors (Lipinski definition) is 6. The number of aliphatic hydroxyl groups is 1. The summed E-state index contributed by atoms with van der Waals surface area (Å²) in [6, 6.07) is -0.801. The van der Waals surface area contributed by atoms with Crippen LogP contribution in [-0.2, 0) is 18.4 Å². The molecule has 0 aromatic heterocycles. The standard InChI is InChI=1S/C58H105N2O6P/c1-6-8-10-12-14-16-17-18-19-20-21-22-23-24-25-26-27-28-29-30-31-32-33-34-35-36-37-38-39-40-41-42-43-44-46-48-50-52-58(62)59-56(55-66-67(63,64)65-54-53-60(3,4)5)57(61)51-49-47-45-15-13-11-9-7-2/h8,10,14,16,18-19,21-22,24-25,27-28,30-31,56-57,61H,6-7,9,11-13,15,17,20,23,26,29,32-55H2,1-5H3,(H-,59,62,63,64)/b10-8-,16-14-,19-18-,22-21-,25-24-,28-27-,31-30-. The van der Waals surface area contributed by atoms with E-state index < -0.39 is 20.0 Å². The van der Waals surface area contributed by atoms with Crippen molar-refractivity contribution in [2.24, 2.45) is 0 Å². The fraction of sp³-hybridized carbons (Fsp3) is 0.741. The number of nitrogens with zero attached hydrogens (tertiary/aromatic N) is 1. The molecule has 67 heavy (non-hydrogen) atoms. The van der Waals surface area contributed by atoms with Gasteiger partial charge in [0.25, 0.3) is 7.82 Å². The minimum Gasteiger partial charge on any atom is -0.756 e. The Morgan fingerprint density at radius 1 is 0.537 bits per heavy atom. The summed E-state index contributed by atoms with van der Waals surface area (Å²) in [5, 5.41) is 13.9. The summed E-state index contributed by atoms with van der Waals surface area (Å²) < 4.78 is 23.2. The van der Waals surface area contributed by atoms with Crippen LogP contribution in [0.1, 0.15) is 226 Å². The summed E-state index contributed by atoms with van der Waals surface area (Å²) in [7, 11) is 1.30. The largest absolute Gasteiger partial charge is 0.756 e. The van der Waals surface area contributed by atoms with Crippen LogP contribution in [0, 0.1) is 0 Å². The predicted octanol–water partition coefficient (Wildman–Crippen LogP) is 15.8. The molecule has 0 saturated heterocycles. The van der Waals surface area contributed by atoms with E-state index in [9.17, 15) is 19.4 Å². The van der Waals surface area contributed by atoms with Gasteiger partial charge in [-0.2, -0.15) is 0 Å². The highest BCUT2D eigenvalue weighted by atomic mass is 31.2.